The maximum absolute atomic E-state index is 13.5. The summed E-state index contributed by atoms with van der Waals surface area (Å²) >= 11 is 7.56. The van der Waals surface area contributed by atoms with Gasteiger partial charge in [-0.05, 0) is 12.1 Å². The van der Waals surface area contributed by atoms with Crippen LogP contribution in [-0.2, 0) is 22.6 Å². The topological polar surface area (TPSA) is 39.2 Å². The number of benzene rings is 2. The summed E-state index contributed by atoms with van der Waals surface area (Å²) in [6, 6.07) is 13.6. The Bertz CT molecular complexity index is 865. The van der Waals surface area contributed by atoms with Gasteiger partial charge in [0.2, 0.25) is 0 Å². The van der Waals surface area contributed by atoms with E-state index in [0.717, 1.165) is 10.6 Å². The smallest absolute Gasteiger partial charge is 0.312 e. The standard InChI is InChI=1S/C18H13ClFNO2S/c19-15-7-3-2-6-14(15)18-21-13(11-24-18)9-17(22)23-10-12-5-1-4-8-16(12)20/h1-8,11H,9-10H2. The van der Waals surface area contributed by atoms with E-state index >= 15 is 0 Å². The third-order valence-corrected chi connectivity index (χ3v) is 4.58. The summed E-state index contributed by atoms with van der Waals surface area (Å²) in [6.45, 7) is -0.0903. The van der Waals surface area contributed by atoms with Crippen LogP contribution in [0.1, 0.15) is 11.3 Å². The summed E-state index contributed by atoms with van der Waals surface area (Å²) in [7, 11) is 0. The molecule has 0 saturated carbocycles. The molecule has 3 rings (SSSR count). The van der Waals surface area contributed by atoms with Crippen molar-refractivity contribution in [1.29, 1.82) is 0 Å². The molecule has 0 unspecified atom stereocenters. The molecule has 1 aromatic heterocycles. The summed E-state index contributed by atoms with van der Waals surface area (Å²) in [5.41, 5.74) is 1.78. The van der Waals surface area contributed by atoms with Gasteiger partial charge in [-0.2, -0.15) is 0 Å². The molecule has 1 heterocycles. The second-order valence-corrected chi connectivity index (χ2v) is 6.32. The second-order valence-electron chi connectivity index (χ2n) is 5.05. The first-order valence-corrected chi connectivity index (χ1v) is 8.47. The Morgan fingerprint density at radius 2 is 1.92 bits per heavy atom. The number of aromatic nitrogens is 1. The van der Waals surface area contributed by atoms with Crippen LogP contribution < -0.4 is 0 Å². The van der Waals surface area contributed by atoms with Crippen LogP contribution >= 0.6 is 22.9 Å². The highest BCUT2D eigenvalue weighted by Crippen LogP contribution is 2.30. The van der Waals surface area contributed by atoms with Crippen LogP contribution in [0, 0.1) is 5.82 Å². The van der Waals surface area contributed by atoms with Crippen molar-refractivity contribution in [2.24, 2.45) is 0 Å². The number of esters is 1. The lowest BCUT2D eigenvalue weighted by atomic mass is 10.2. The van der Waals surface area contributed by atoms with Crippen LogP contribution in [0.5, 0.6) is 0 Å². The molecule has 0 bridgehead atoms. The van der Waals surface area contributed by atoms with Crippen LogP contribution in [0.2, 0.25) is 5.02 Å². The van der Waals surface area contributed by atoms with Gasteiger partial charge in [-0.1, -0.05) is 48.0 Å². The van der Waals surface area contributed by atoms with E-state index < -0.39 is 5.97 Å². The largest absolute Gasteiger partial charge is 0.460 e. The van der Waals surface area contributed by atoms with Crippen molar-refractivity contribution in [3.63, 3.8) is 0 Å². The fourth-order valence-electron chi connectivity index (χ4n) is 2.12. The molecule has 3 nitrogen and oxygen atoms in total. The lowest BCUT2D eigenvalue weighted by Gasteiger charge is -2.04. The number of hydrogen-bond acceptors (Lipinski definition) is 4. The molecule has 0 N–H and O–H groups in total. The predicted octanol–water partition coefficient (Wildman–Crippen LogP) is 4.89. The number of rotatable bonds is 5. The van der Waals surface area contributed by atoms with E-state index in [9.17, 15) is 9.18 Å². The molecule has 0 saturated heterocycles. The first kappa shape index (κ1) is 16.6. The zero-order valence-electron chi connectivity index (χ0n) is 12.5. The molecule has 0 radical (unpaired) electrons. The molecule has 0 atom stereocenters. The van der Waals surface area contributed by atoms with Crippen LogP contribution in [-0.4, -0.2) is 11.0 Å². The van der Waals surface area contributed by atoms with Gasteiger partial charge in [0, 0.05) is 16.5 Å². The molecule has 24 heavy (non-hydrogen) atoms. The summed E-state index contributed by atoms with van der Waals surface area (Å²) in [5, 5.41) is 3.15. The van der Waals surface area contributed by atoms with Gasteiger partial charge in [-0.25, -0.2) is 9.37 Å². The zero-order valence-corrected chi connectivity index (χ0v) is 14.1. The van der Waals surface area contributed by atoms with Crippen molar-refractivity contribution in [3.05, 3.63) is 76.0 Å². The minimum Gasteiger partial charge on any atom is -0.460 e. The third kappa shape index (κ3) is 3.99. The molecular formula is C18H13ClFNO2S. The normalized spacial score (nSPS) is 10.6. The number of carbonyl (C=O) groups is 1. The predicted molar refractivity (Wildman–Crippen MR) is 92.5 cm³/mol. The Morgan fingerprint density at radius 1 is 1.17 bits per heavy atom. The highest BCUT2D eigenvalue weighted by molar-refractivity contribution is 7.13. The average Bonchev–Trinajstić information content (AvgIpc) is 3.03. The number of carbonyl (C=O) groups excluding carboxylic acids is 1. The molecule has 3 aromatic rings. The van der Waals surface area contributed by atoms with Gasteiger partial charge in [0.1, 0.15) is 17.4 Å². The lowest BCUT2D eigenvalue weighted by molar-refractivity contribution is -0.144. The maximum atomic E-state index is 13.5. The van der Waals surface area contributed by atoms with E-state index in [2.05, 4.69) is 4.98 Å². The Morgan fingerprint density at radius 3 is 2.71 bits per heavy atom. The van der Waals surface area contributed by atoms with Crippen molar-refractivity contribution in [2.45, 2.75) is 13.0 Å². The Labute approximate surface area is 147 Å². The summed E-state index contributed by atoms with van der Waals surface area (Å²) < 4.78 is 18.6. The van der Waals surface area contributed by atoms with Crippen molar-refractivity contribution in [3.8, 4) is 10.6 Å². The molecule has 6 heteroatoms. The first-order valence-electron chi connectivity index (χ1n) is 7.22. The molecule has 122 valence electrons. The van der Waals surface area contributed by atoms with E-state index in [4.69, 9.17) is 16.3 Å². The van der Waals surface area contributed by atoms with Crippen LogP contribution in [0.25, 0.3) is 10.6 Å². The summed E-state index contributed by atoms with van der Waals surface area (Å²) in [4.78, 5) is 16.3. The molecule has 0 aliphatic heterocycles. The fourth-order valence-corrected chi connectivity index (χ4v) is 3.26. The number of hydrogen-bond donors (Lipinski definition) is 0. The molecule has 0 aliphatic rings. The second kappa shape index (κ2) is 7.55. The maximum Gasteiger partial charge on any atom is 0.312 e. The molecule has 0 amide bonds. The Kier molecular flexibility index (Phi) is 5.23. The molecule has 2 aromatic carbocycles. The van der Waals surface area contributed by atoms with Crippen LogP contribution in [0.4, 0.5) is 4.39 Å². The highest BCUT2D eigenvalue weighted by atomic mass is 35.5. The third-order valence-electron chi connectivity index (χ3n) is 3.33. The minimum absolute atomic E-state index is 0.0371. The number of halogens is 2. The Balaban J connectivity index is 1.62. The van der Waals surface area contributed by atoms with Gasteiger partial charge in [0.05, 0.1) is 17.1 Å². The highest BCUT2D eigenvalue weighted by Gasteiger charge is 2.12. The SMILES string of the molecule is O=C(Cc1csc(-c2ccccc2Cl)n1)OCc1ccccc1F. The van der Waals surface area contributed by atoms with E-state index in [1.165, 1.54) is 17.4 Å². The van der Waals surface area contributed by atoms with Crippen LogP contribution in [0.15, 0.2) is 53.9 Å². The average molecular weight is 362 g/mol. The van der Waals surface area contributed by atoms with Gasteiger partial charge in [-0.15, -0.1) is 11.3 Å². The summed E-state index contributed by atoms with van der Waals surface area (Å²) in [6.07, 6.45) is 0.0371. The van der Waals surface area contributed by atoms with Crippen LogP contribution in [0.3, 0.4) is 0 Å². The van der Waals surface area contributed by atoms with Gasteiger partial charge < -0.3 is 4.74 Å². The van der Waals surface area contributed by atoms with Crippen molar-refractivity contribution in [1.82, 2.24) is 4.98 Å². The lowest BCUT2D eigenvalue weighted by Crippen LogP contribution is -2.09. The molecule has 0 aliphatic carbocycles. The molecular weight excluding hydrogens is 349 g/mol. The first-order chi connectivity index (χ1) is 11.6. The van der Waals surface area contributed by atoms with Gasteiger partial charge >= 0.3 is 5.97 Å². The van der Waals surface area contributed by atoms with Gasteiger partial charge in [-0.3, -0.25) is 4.79 Å². The number of nitrogens with zero attached hydrogens (tertiary/aromatic N) is 1. The Hall–Kier alpha value is -2.24. The minimum atomic E-state index is -0.450. The molecule has 0 spiro atoms. The van der Waals surface area contributed by atoms with E-state index in [-0.39, 0.29) is 18.8 Å². The quantitative estimate of drug-likeness (QED) is 0.607. The molecule has 0 fully saturated rings. The zero-order chi connectivity index (χ0) is 16.9. The van der Waals surface area contributed by atoms with E-state index in [0.29, 0.717) is 16.3 Å². The number of thiazole rings is 1. The van der Waals surface area contributed by atoms with Crippen molar-refractivity contribution >= 4 is 28.9 Å². The number of ether oxygens (including phenoxy) is 1. The summed E-state index contributed by atoms with van der Waals surface area (Å²) in [5.74, 6) is -0.839. The fraction of sp³-hybridized carbons (Fsp3) is 0.111. The van der Waals surface area contributed by atoms with Gasteiger partial charge in [0.15, 0.2) is 0 Å². The monoisotopic (exact) mass is 361 g/mol. The van der Waals surface area contributed by atoms with Crippen molar-refractivity contribution in [2.75, 3.05) is 0 Å². The van der Waals surface area contributed by atoms with E-state index in [1.807, 2.05) is 18.2 Å². The van der Waals surface area contributed by atoms with E-state index in [1.54, 1.807) is 29.6 Å². The van der Waals surface area contributed by atoms with Crippen molar-refractivity contribution < 1.29 is 13.9 Å². The van der Waals surface area contributed by atoms with Gasteiger partial charge in [0.25, 0.3) is 0 Å².